The van der Waals surface area contributed by atoms with Gasteiger partial charge in [-0.1, -0.05) is 127 Å². The molecule has 0 bridgehead atoms. The lowest BCUT2D eigenvalue weighted by Crippen LogP contribution is -2.06. The molecule has 7 heteroatoms. The highest BCUT2D eigenvalue weighted by atomic mass is 32.1. The lowest BCUT2D eigenvalue weighted by atomic mass is 10.0. The summed E-state index contributed by atoms with van der Waals surface area (Å²) in [6.07, 6.45) is 0. The summed E-state index contributed by atoms with van der Waals surface area (Å²) < 4.78 is 9.46. The molecule has 14 aromatic rings. The summed E-state index contributed by atoms with van der Waals surface area (Å²) in [5, 5.41) is 9.57. The Balaban J connectivity index is 1.00. The largest absolute Gasteiger partial charge is 0.309 e. The van der Waals surface area contributed by atoms with Crippen LogP contribution in [-0.4, -0.2) is 24.1 Å². The molecule has 5 nitrogen and oxygen atoms in total. The van der Waals surface area contributed by atoms with Gasteiger partial charge in [-0.05, 0) is 83.9 Å². The molecule has 0 atom stereocenters. The van der Waals surface area contributed by atoms with Crippen molar-refractivity contribution in [3.8, 4) is 45.5 Å². The van der Waals surface area contributed by atoms with Crippen molar-refractivity contribution in [1.29, 1.82) is 0 Å². The molecule has 0 aliphatic rings. The Bertz CT molecular complexity index is 4210. The summed E-state index contributed by atoms with van der Waals surface area (Å²) in [4.78, 5) is 16.3. The van der Waals surface area contributed by atoms with Gasteiger partial charge in [-0.15, -0.1) is 22.7 Å². The molecule has 5 aromatic heterocycles. The molecule has 0 spiro atoms. The van der Waals surface area contributed by atoms with Gasteiger partial charge in [-0.2, -0.15) is 9.97 Å². The molecule has 0 aliphatic carbocycles. The van der Waals surface area contributed by atoms with E-state index >= 15 is 0 Å². The number of fused-ring (bicyclic) bond motifs is 12. The number of hydrogen-bond donors (Lipinski definition) is 0. The van der Waals surface area contributed by atoms with Crippen molar-refractivity contribution in [3.63, 3.8) is 0 Å². The molecule has 0 saturated heterocycles. The molecular formula is C57H33N5S2. The number of para-hydroxylation sites is 3. The first-order valence-electron chi connectivity index (χ1n) is 21.4. The molecule has 0 amide bonds. The van der Waals surface area contributed by atoms with Crippen molar-refractivity contribution in [2.75, 3.05) is 0 Å². The molecular weight excluding hydrogens is 819 g/mol. The predicted octanol–water partition coefficient (Wildman–Crippen LogP) is 15.8. The van der Waals surface area contributed by atoms with Crippen LogP contribution >= 0.6 is 22.7 Å². The fourth-order valence-corrected chi connectivity index (χ4v) is 12.3. The van der Waals surface area contributed by atoms with E-state index in [9.17, 15) is 0 Å². The fourth-order valence-electron chi connectivity index (χ4n) is 9.97. The van der Waals surface area contributed by atoms with E-state index in [-0.39, 0.29) is 0 Å². The van der Waals surface area contributed by atoms with Gasteiger partial charge in [0.05, 0.1) is 22.1 Å². The molecule has 0 radical (unpaired) electrons. The molecule has 0 aliphatic heterocycles. The van der Waals surface area contributed by atoms with E-state index in [1.165, 1.54) is 67.7 Å². The van der Waals surface area contributed by atoms with E-state index in [0.29, 0.717) is 17.6 Å². The minimum atomic E-state index is 0.587. The van der Waals surface area contributed by atoms with Crippen molar-refractivity contribution < 1.29 is 0 Å². The Morgan fingerprint density at radius 2 is 0.844 bits per heavy atom. The average molecular weight is 852 g/mol. The second kappa shape index (κ2) is 13.8. The van der Waals surface area contributed by atoms with E-state index in [1.807, 2.05) is 0 Å². The SMILES string of the molecule is c1ccc(-n2c3ccccc3c3cc(-c4ccc5c(c4)c4ccccc4n5-c4nc(-c5cccc6c5sc5ccccc56)nc(-c5cccc6sc7ccccc7c56)n4)ccc32)cc1. The van der Waals surface area contributed by atoms with E-state index in [0.717, 1.165) is 44.2 Å². The predicted molar refractivity (Wildman–Crippen MR) is 271 cm³/mol. The van der Waals surface area contributed by atoms with E-state index in [4.69, 9.17) is 15.0 Å². The maximum absolute atomic E-state index is 5.45. The lowest BCUT2D eigenvalue weighted by molar-refractivity contribution is 0.955. The number of nitrogens with zero attached hydrogens (tertiary/aromatic N) is 5. The van der Waals surface area contributed by atoms with Crippen LogP contribution < -0.4 is 0 Å². The molecule has 9 aromatic carbocycles. The van der Waals surface area contributed by atoms with Gasteiger partial charge in [0.1, 0.15) is 0 Å². The molecule has 14 rings (SSSR count). The highest BCUT2D eigenvalue weighted by molar-refractivity contribution is 7.26. The minimum Gasteiger partial charge on any atom is -0.309 e. The van der Waals surface area contributed by atoms with Crippen LogP contribution in [-0.2, 0) is 0 Å². The van der Waals surface area contributed by atoms with Crippen LogP contribution in [0.5, 0.6) is 0 Å². The highest BCUT2D eigenvalue weighted by Crippen LogP contribution is 2.43. The Kier molecular flexibility index (Phi) is 7.66. The lowest BCUT2D eigenvalue weighted by Gasteiger charge is -2.12. The summed E-state index contributed by atoms with van der Waals surface area (Å²) in [5.74, 6) is 1.89. The van der Waals surface area contributed by atoms with E-state index in [2.05, 4.69) is 209 Å². The zero-order chi connectivity index (χ0) is 41.9. The zero-order valence-corrected chi connectivity index (χ0v) is 35.7. The molecule has 64 heavy (non-hydrogen) atoms. The first-order valence-corrected chi connectivity index (χ1v) is 23.1. The van der Waals surface area contributed by atoms with Crippen molar-refractivity contribution in [2.45, 2.75) is 0 Å². The molecule has 0 saturated carbocycles. The van der Waals surface area contributed by atoms with E-state index in [1.54, 1.807) is 22.7 Å². The normalized spacial score (nSPS) is 12.1. The minimum absolute atomic E-state index is 0.587. The monoisotopic (exact) mass is 851 g/mol. The third-order valence-corrected chi connectivity index (χ3v) is 15.2. The van der Waals surface area contributed by atoms with Gasteiger partial charge in [-0.25, -0.2) is 4.98 Å². The van der Waals surface area contributed by atoms with Gasteiger partial charge >= 0.3 is 0 Å². The number of rotatable bonds is 5. The van der Waals surface area contributed by atoms with Gasteiger partial charge in [0, 0.05) is 78.7 Å². The van der Waals surface area contributed by atoms with Gasteiger partial charge < -0.3 is 4.57 Å². The third-order valence-electron chi connectivity index (χ3n) is 12.8. The van der Waals surface area contributed by atoms with Crippen LogP contribution in [0.15, 0.2) is 200 Å². The maximum Gasteiger partial charge on any atom is 0.238 e. The summed E-state index contributed by atoms with van der Waals surface area (Å²) in [6.45, 7) is 0. The number of hydrogen-bond acceptors (Lipinski definition) is 5. The van der Waals surface area contributed by atoms with Crippen molar-refractivity contribution >= 4 is 107 Å². The van der Waals surface area contributed by atoms with Gasteiger partial charge in [0.25, 0.3) is 0 Å². The van der Waals surface area contributed by atoms with Gasteiger partial charge in [0.2, 0.25) is 5.95 Å². The van der Waals surface area contributed by atoms with Crippen LogP contribution in [0.25, 0.3) is 129 Å². The molecule has 298 valence electrons. The van der Waals surface area contributed by atoms with Gasteiger partial charge in [0.15, 0.2) is 11.6 Å². The van der Waals surface area contributed by atoms with Crippen molar-refractivity contribution in [2.24, 2.45) is 0 Å². The number of aromatic nitrogens is 5. The summed E-state index contributed by atoms with van der Waals surface area (Å²) in [5.41, 5.74) is 9.93. The number of benzene rings is 9. The van der Waals surface area contributed by atoms with Crippen LogP contribution in [0.4, 0.5) is 0 Å². The molecule has 0 unspecified atom stereocenters. The van der Waals surface area contributed by atoms with Gasteiger partial charge in [-0.3, -0.25) is 4.57 Å². The van der Waals surface area contributed by atoms with Crippen LogP contribution in [0.3, 0.4) is 0 Å². The molecule has 0 N–H and O–H groups in total. The highest BCUT2D eigenvalue weighted by Gasteiger charge is 2.22. The quantitative estimate of drug-likeness (QED) is 0.173. The smallest absolute Gasteiger partial charge is 0.238 e. The number of thiophene rings is 2. The first-order chi connectivity index (χ1) is 31.7. The van der Waals surface area contributed by atoms with Crippen LogP contribution in [0, 0.1) is 0 Å². The topological polar surface area (TPSA) is 48.5 Å². The third kappa shape index (κ3) is 5.26. The standard InChI is InChI=1S/C57H33N5S2/c1-2-14-36(15-3-1)61-46-23-8-4-16-37(46)44-32-34(28-30-48(44)61)35-29-31-49-45(33-35)38-17-5-9-24-47(38)62(49)57-59-55(42-21-13-27-52-53(42)41-19-7-11-26-51(41)63-52)58-56(60-57)43-22-12-20-40-39-18-6-10-25-50(39)64-54(40)43/h1-33H. The molecule has 0 fully saturated rings. The van der Waals surface area contributed by atoms with Crippen molar-refractivity contribution in [3.05, 3.63) is 200 Å². The Labute approximate surface area is 374 Å². The Hall–Kier alpha value is -7.97. The average Bonchev–Trinajstić information content (AvgIpc) is 4.11. The Morgan fingerprint density at radius 3 is 1.58 bits per heavy atom. The second-order valence-electron chi connectivity index (χ2n) is 16.3. The van der Waals surface area contributed by atoms with Crippen LogP contribution in [0.2, 0.25) is 0 Å². The summed E-state index contributed by atoms with van der Waals surface area (Å²) >= 11 is 3.60. The maximum atomic E-state index is 5.45. The fraction of sp³-hybridized carbons (Fsp3) is 0. The first kappa shape index (κ1) is 35.6. The second-order valence-corrected chi connectivity index (χ2v) is 18.5. The van der Waals surface area contributed by atoms with E-state index < -0.39 is 0 Å². The molecule has 5 heterocycles. The van der Waals surface area contributed by atoms with Crippen molar-refractivity contribution in [1.82, 2.24) is 24.1 Å². The zero-order valence-electron chi connectivity index (χ0n) is 34.1. The summed E-state index contributed by atoms with van der Waals surface area (Å²) in [6, 6.07) is 71.9. The van der Waals surface area contributed by atoms with Crippen LogP contribution in [0.1, 0.15) is 0 Å². The Morgan fingerprint density at radius 1 is 0.328 bits per heavy atom. The summed E-state index contributed by atoms with van der Waals surface area (Å²) in [7, 11) is 0.